The van der Waals surface area contributed by atoms with Crippen LogP contribution in [0.3, 0.4) is 0 Å². The fourth-order valence-electron chi connectivity index (χ4n) is 0. The Hall–Kier alpha value is 3.06. The molecule has 0 radical (unpaired) electrons. The molecule has 0 aromatic rings. The van der Waals surface area contributed by atoms with Gasteiger partial charge in [-0.1, -0.05) is 0 Å². The number of hydrogen-bond acceptors (Lipinski definition) is 1. The molecule has 0 aliphatic heterocycles. The van der Waals surface area contributed by atoms with E-state index in [9.17, 15) is 0 Å². The maximum atomic E-state index is 8.67. The Kier molecular flexibility index (Phi) is 51.5. The Bertz CT molecular complexity index is 42.8. The molecule has 0 heterocycles. The standard InChI is InChI=1S/K.Na.H2O3S.H2S.2H/c;;1-4(2)3;;;/h;;(H2,1,2,3);1H2;;/q2*+1;;;2*-1. The van der Waals surface area contributed by atoms with Crippen LogP contribution in [0, 0.1) is 0 Å². The van der Waals surface area contributed by atoms with Crippen LogP contribution in [0.15, 0.2) is 0 Å². The van der Waals surface area contributed by atoms with E-state index in [1.165, 1.54) is 0 Å². The molecule has 7 heavy (non-hydrogen) atoms. The summed E-state index contributed by atoms with van der Waals surface area (Å²) < 4.78 is 22.8. The van der Waals surface area contributed by atoms with E-state index in [0.29, 0.717) is 0 Å². The minimum absolute atomic E-state index is 0. The average Bonchev–Trinajstić information content (AvgIpc) is 0.811. The third kappa shape index (κ3) is 48.3. The van der Waals surface area contributed by atoms with E-state index in [1.807, 2.05) is 0 Å². The van der Waals surface area contributed by atoms with Crippen molar-refractivity contribution in [3.8, 4) is 0 Å². The molecule has 0 unspecified atom stereocenters. The minimum Gasteiger partial charge on any atom is -1.00 e. The molecule has 0 fully saturated rings. The molecule has 0 aliphatic carbocycles. The summed E-state index contributed by atoms with van der Waals surface area (Å²) in [6.45, 7) is 0. The monoisotopic (exact) mass is 180 g/mol. The van der Waals surface area contributed by atoms with Gasteiger partial charge in [-0.15, -0.1) is 0 Å². The van der Waals surface area contributed by atoms with Gasteiger partial charge in [0, 0.05) is 0 Å². The van der Waals surface area contributed by atoms with Gasteiger partial charge in [0.1, 0.15) is 0 Å². The van der Waals surface area contributed by atoms with E-state index in [2.05, 4.69) is 0 Å². The topological polar surface area (TPSA) is 57.5 Å². The van der Waals surface area contributed by atoms with Crippen molar-refractivity contribution in [3.05, 3.63) is 0 Å². The fourth-order valence-corrected chi connectivity index (χ4v) is 0. The summed E-state index contributed by atoms with van der Waals surface area (Å²) in [6.07, 6.45) is 0. The molecule has 0 rings (SSSR count). The van der Waals surface area contributed by atoms with Crippen LogP contribution in [0.5, 0.6) is 0 Å². The Labute approximate surface area is 119 Å². The van der Waals surface area contributed by atoms with Crippen molar-refractivity contribution in [3.63, 3.8) is 0 Å². The predicted octanol–water partition coefficient (Wildman–Crippen LogP) is -5.97. The maximum absolute atomic E-state index is 8.67. The van der Waals surface area contributed by atoms with Gasteiger partial charge < -0.3 is 2.85 Å². The molecular weight excluding hydrogens is 174 g/mol. The minimum atomic E-state index is -2.61. The van der Waals surface area contributed by atoms with Crippen LogP contribution in [0.2, 0.25) is 0 Å². The van der Waals surface area contributed by atoms with Crippen molar-refractivity contribution >= 4 is 24.9 Å². The van der Waals surface area contributed by atoms with E-state index < -0.39 is 11.4 Å². The van der Waals surface area contributed by atoms with Crippen LogP contribution >= 0.6 is 13.5 Å². The first-order valence-corrected chi connectivity index (χ1v) is 1.60. The van der Waals surface area contributed by atoms with Crippen molar-refractivity contribution in [1.82, 2.24) is 0 Å². The van der Waals surface area contributed by atoms with Gasteiger partial charge in [-0.3, -0.25) is 9.11 Å². The molecule has 0 saturated heterocycles. The molecule has 0 spiro atoms. The first-order valence-electron chi connectivity index (χ1n) is 0.532. The van der Waals surface area contributed by atoms with Gasteiger partial charge in [-0.25, -0.2) is 0 Å². The molecule has 0 aromatic carbocycles. The predicted molar refractivity (Wildman–Crippen MR) is 26.0 cm³/mol. The zero-order valence-electron chi connectivity index (χ0n) is 6.21. The van der Waals surface area contributed by atoms with Gasteiger partial charge in [0.15, 0.2) is 0 Å². The third-order valence-electron chi connectivity index (χ3n) is 0. The second-order valence-corrected chi connectivity index (χ2v) is 0.692. The smallest absolute Gasteiger partial charge is 1.00 e. The summed E-state index contributed by atoms with van der Waals surface area (Å²) in [7, 11) is 0. The summed E-state index contributed by atoms with van der Waals surface area (Å²) in [5.41, 5.74) is 0. The summed E-state index contributed by atoms with van der Waals surface area (Å²) in [5.74, 6) is 0. The molecule has 0 atom stereocenters. The van der Waals surface area contributed by atoms with Gasteiger partial charge in [0.2, 0.25) is 0 Å². The second-order valence-electron chi connectivity index (χ2n) is 0.231. The Morgan fingerprint density at radius 3 is 1.43 bits per heavy atom. The Morgan fingerprint density at radius 1 is 1.43 bits per heavy atom. The Morgan fingerprint density at radius 2 is 1.43 bits per heavy atom. The van der Waals surface area contributed by atoms with E-state index in [-0.39, 0.29) is 97.3 Å². The average molecular weight is 180 g/mol. The van der Waals surface area contributed by atoms with E-state index >= 15 is 0 Å². The first kappa shape index (κ1) is 22.5. The van der Waals surface area contributed by atoms with Crippen LogP contribution in [0.25, 0.3) is 0 Å². The molecule has 0 amide bonds. The second kappa shape index (κ2) is 16.0. The molecule has 0 saturated carbocycles. The molecular formula is H6KNaO3S2. The van der Waals surface area contributed by atoms with Crippen molar-refractivity contribution in [2.45, 2.75) is 0 Å². The van der Waals surface area contributed by atoms with Gasteiger partial charge in [0.05, 0.1) is 0 Å². The summed E-state index contributed by atoms with van der Waals surface area (Å²) in [4.78, 5) is 0. The summed E-state index contributed by atoms with van der Waals surface area (Å²) >= 11 is -2.61. The first-order chi connectivity index (χ1) is 1.73. The van der Waals surface area contributed by atoms with Crippen molar-refractivity contribution < 1.29 is 97.1 Å². The molecule has 0 aromatic heterocycles. The van der Waals surface area contributed by atoms with Gasteiger partial charge >= 0.3 is 80.9 Å². The molecule has 0 bridgehead atoms. The number of rotatable bonds is 0. The molecule has 0 aliphatic rings. The van der Waals surface area contributed by atoms with Gasteiger partial charge in [-0.05, 0) is 0 Å². The fraction of sp³-hybridized carbons (Fsp3) is 0. The van der Waals surface area contributed by atoms with Crippen molar-refractivity contribution in [2.75, 3.05) is 0 Å². The molecule has 38 valence electrons. The van der Waals surface area contributed by atoms with E-state index in [0.717, 1.165) is 0 Å². The van der Waals surface area contributed by atoms with Gasteiger partial charge in [-0.2, -0.15) is 17.7 Å². The molecule has 3 nitrogen and oxygen atoms in total. The van der Waals surface area contributed by atoms with E-state index in [1.54, 1.807) is 0 Å². The van der Waals surface area contributed by atoms with Crippen LogP contribution in [-0.2, 0) is 11.4 Å². The van der Waals surface area contributed by atoms with E-state index in [4.69, 9.17) is 13.3 Å². The van der Waals surface area contributed by atoms with Crippen LogP contribution in [0.4, 0.5) is 0 Å². The summed E-state index contributed by atoms with van der Waals surface area (Å²) in [6, 6.07) is 0. The zero-order valence-corrected chi connectivity index (χ0v) is 11.2. The van der Waals surface area contributed by atoms with Crippen LogP contribution in [0.1, 0.15) is 2.85 Å². The SMILES string of the molecule is O=S(O)O.S.[H-].[H-].[K+].[Na+]. The quantitative estimate of drug-likeness (QED) is 0.288. The normalized spacial score (nSPS) is 5.00. The largest absolute Gasteiger partial charge is 1.00 e. The third-order valence-corrected chi connectivity index (χ3v) is 0. The summed E-state index contributed by atoms with van der Waals surface area (Å²) in [5, 5.41) is 0. The Balaban J connectivity index is -0.00000000450. The maximum Gasteiger partial charge on any atom is 1.00 e. The molecule has 7 heteroatoms. The zero-order chi connectivity index (χ0) is 3.58. The van der Waals surface area contributed by atoms with Crippen LogP contribution in [-0.4, -0.2) is 13.3 Å². The molecule has 2 N–H and O–H groups in total. The van der Waals surface area contributed by atoms with Gasteiger partial charge in [0.25, 0.3) is 11.4 Å². The number of hydrogen-bond donors (Lipinski definition) is 2. The van der Waals surface area contributed by atoms with Crippen molar-refractivity contribution in [1.29, 1.82) is 0 Å². The van der Waals surface area contributed by atoms with Crippen molar-refractivity contribution in [2.24, 2.45) is 0 Å². The van der Waals surface area contributed by atoms with Crippen LogP contribution < -0.4 is 80.9 Å².